The molecule has 2 N–H and O–H groups in total. The Morgan fingerprint density at radius 2 is 1.35 bits per heavy atom. The van der Waals surface area contributed by atoms with E-state index in [0.29, 0.717) is 22.6 Å². The molecule has 2 aromatic rings. The van der Waals surface area contributed by atoms with Crippen molar-refractivity contribution in [2.75, 3.05) is 0 Å². The first-order valence-electron chi connectivity index (χ1n) is 7.92. The Morgan fingerprint density at radius 1 is 0.826 bits per heavy atom. The molecular formula is C20H27ClO2. The van der Waals surface area contributed by atoms with Gasteiger partial charge in [-0.15, -0.1) is 0 Å². The van der Waals surface area contributed by atoms with Crippen LogP contribution in [-0.2, 0) is 0 Å². The van der Waals surface area contributed by atoms with Crippen molar-refractivity contribution >= 4 is 11.6 Å². The minimum atomic E-state index is 0.228. The molecule has 23 heavy (non-hydrogen) atoms. The third-order valence-corrected chi connectivity index (χ3v) is 4.25. The molecule has 0 fully saturated rings. The average molecular weight is 335 g/mol. The van der Waals surface area contributed by atoms with Gasteiger partial charge < -0.3 is 10.2 Å². The number of aromatic hydroxyl groups is 2. The van der Waals surface area contributed by atoms with Gasteiger partial charge in [0, 0.05) is 0 Å². The Bertz CT molecular complexity index is 661. The molecule has 0 atom stereocenters. The SMILES string of the molecule is Cc1ccc(C(C)C)c(O)c1.Cc1ccc(C(C)C)c(O)c1Cl. The van der Waals surface area contributed by atoms with Crippen LogP contribution in [0, 0.1) is 13.8 Å². The fourth-order valence-corrected chi connectivity index (χ4v) is 2.46. The van der Waals surface area contributed by atoms with Crippen LogP contribution < -0.4 is 0 Å². The van der Waals surface area contributed by atoms with Crippen LogP contribution in [0.25, 0.3) is 0 Å². The summed E-state index contributed by atoms with van der Waals surface area (Å²) in [4.78, 5) is 0. The number of phenols is 2. The van der Waals surface area contributed by atoms with E-state index in [1.807, 2.05) is 52.0 Å². The molecule has 126 valence electrons. The Balaban J connectivity index is 0.000000231. The number of halogens is 1. The van der Waals surface area contributed by atoms with Crippen LogP contribution >= 0.6 is 11.6 Å². The highest BCUT2D eigenvalue weighted by Crippen LogP contribution is 2.34. The van der Waals surface area contributed by atoms with Gasteiger partial charge in [-0.1, -0.05) is 63.6 Å². The number of hydrogen-bond acceptors (Lipinski definition) is 2. The van der Waals surface area contributed by atoms with Crippen molar-refractivity contribution in [3.8, 4) is 11.5 Å². The molecule has 0 amide bonds. The van der Waals surface area contributed by atoms with E-state index in [2.05, 4.69) is 13.8 Å². The maximum absolute atomic E-state index is 9.62. The topological polar surface area (TPSA) is 40.5 Å². The summed E-state index contributed by atoms with van der Waals surface area (Å²) in [7, 11) is 0. The molecule has 0 saturated heterocycles. The fourth-order valence-electron chi connectivity index (χ4n) is 2.29. The normalized spacial score (nSPS) is 10.7. The van der Waals surface area contributed by atoms with Crippen molar-refractivity contribution in [3.05, 3.63) is 57.6 Å². The lowest BCUT2D eigenvalue weighted by molar-refractivity contribution is 0.464. The van der Waals surface area contributed by atoms with Gasteiger partial charge in [0.1, 0.15) is 11.5 Å². The van der Waals surface area contributed by atoms with Crippen LogP contribution in [0.4, 0.5) is 0 Å². The van der Waals surface area contributed by atoms with Gasteiger partial charge in [-0.05, 0) is 54.0 Å². The quantitative estimate of drug-likeness (QED) is 0.676. The summed E-state index contributed by atoms with van der Waals surface area (Å²) in [5.74, 6) is 1.35. The van der Waals surface area contributed by atoms with Crippen LogP contribution in [0.1, 0.15) is 61.8 Å². The molecular weight excluding hydrogens is 308 g/mol. The second-order valence-electron chi connectivity index (χ2n) is 6.51. The summed E-state index contributed by atoms with van der Waals surface area (Å²) in [6.07, 6.45) is 0. The number of benzene rings is 2. The summed E-state index contributed by atoms with van der Waals surface area (Å²) < 4.78 is 0. The number of rotatable bonds is 2. The molecule has 0 aliphatic rings. The Morgan fingerprint density at radius 3 is 1.83 bits per heavy atom. The van der Waals surface area contributed by atoms with Crippen molar-refractivity contribution in [1.29, 1.82) is 0 Å². The van der Waals surface area contributed by atoms with Gasteiger partial charge >= 0.3 is 0 Å². The molecule has 0 saturated carbocycles. The lowest BCUT2D eigenvalue weighted by atomic mass is 10.0. The monoisotopic (exact) mass is 334 g/mol. The Kier molecular flexibility index (Phi) is 6.96. The Hall–Kier alpha value is -1.67. The zero-order chi connectivity index (χ0) is 17.7. The highest BCUT2D eigenvalue weighted by Gasteiger charge is 2.10. The molecule has 0 unspecified atom stereocenters. The summed E-state index contributed by atoms with van der Waals surface area (Å²) in [6, 6.07) is 9.65. The Labute approximate surface area is 144 Å². The van der Waals surface area contributed by atoms with Gasteiger partial charge in [0.15, 0.2) is 0 Å². The molecule has 0 aromatic heterocycles. The summed E-state index contributed by atoms with van der Waals surface area (Å²) in [5, 5.41) is 19.6. The van der Waals surface area contributed by atoms with Crippen molar-refractivity contribution in [3.63, 3.8) is 0 Å². The molecule has 2 nitrogen and oxygen atoms in total. The van der Waals surface area contributed by atoms with Crippen LogP contribution in [0.5, 0.6) is 11.5 Å². The van der Waals surface area contributed by atoms with Gasteiger partial charge in [-0.3, -0.25) is 0 Å². The predicted octanol–water partition coefficient (Wildman–Crippen LogP) is 6.30. The molecule has 2 aromatic carbocycles. The highest BCUT2D eigenvalue weighted by molar-refractivity contribution is 6.32. The smallest absolute Gasteiger partial charge is 0.137 e. The molecule has 0 heterocycles. The van der Waals surface area contributed by atoms with Gasteiger partial charge in [0.25, 0.3) is 0 Å². The molecule has 3 heteroatoms. The predicted molar refractivity (Wildman–Crippen MR) is 98.9 cm³/mol. The minimum Gasteiger partial charge on any atom is -0.508 e. The third kappa shape index (κ3) is 5.18. The van der Waals surface area contributed by atoms with Gasteiger partial charge in [-0.25, -0.2) is 0 Å². The van der Waals surface area contributed by atoms with Gasteiger partial charge in [0.2, 0.25) is 0 Å². The molecule has 0 aliphatic heterocycles. The minimum absolute atomic E-state index is 0.228. The zero-order valence-electron chi connectivity index (χ0n) is 14.8. The summed E-state index contributed by atoms with van der Waals surface area (Å²) >= 11 is 5.88. The van der Waals surface area contributed by atoms with E-state index < -0.39 is 0 Å². The first-order chi connectivity index (χ1) is 10.6. The summed E-state index contributed by atoms with van der Waals surface area (Å²) in [6.45, 7) is 12.1. The number of aryl methyl sites for hydroxylation is 2. The molecule has 2 rings (SSSR count). The first-order valence-corrected chi connectivity index (χ1v) is 8.30. The van der Waals surface area contributed by atoms with E-state index in [-0.39, 0.29) is 5.75 Å². The van der Waals surface area contributed by atoms with Crippen molar-refractivity contribution < 1.29 is 10.2 Å². The van der Waals surface area contributed by atoms with Crippen LogP contribution in [0.3, 0.4) is 0 Å². The van der Waals surface area contributed by atoms with Crippen LogP contribution in [0.2, 0.25) is 5.02 Å². The van der Waals surface area contributed by atoms with Crippen molar-refractivity contribution in [2.24, 2.45) is 0 Å². The molecule has 0 aliphatic carbocycles. The number of hydrogen-bond donors (Lipinski definition) is 2. The van der Waals surface area contributed by atoms with E-state index in [1.54, 1.807) is 6.07 Å². The number of phenolic OH excluding ortho intramolecular Hbond substituents is 2. The van der Waals surface area contributed by atoms with E-state index in [1.165, 1.54) is 0 Å². The van der Waals surface area contributed by atoms with Crippen molar-refractivity contribution in [2.45, 2.75) is 53.4 Å². The average Bonchev–Trinajstić information content (AvgIpc) is 2.44. The molecule has 0 radical (unpaired) electrons. The van der Waals surface area contributed by atoms with Gasteiger partial charge in [0.05, 0.1) is 5.02 Å². The maximum Gasteiger partial charge on any atom is 0.137 e. The second-order valence-corrected chi connectivity index (χ2v) is 6.88. The fraction of sp³-hybridized carbons (Fsp3) is 0.400. The highest BCUT2D eigenvalue weighted by atomic mass is 35.5. The lowest BCUT2D eigenvalue weighted by Gasteiger charge is -2.10. The van der Waals surface area contributed by atoms with E-state index in [0.717, 1.165) is 22.3 Å². The van der Waals surface area contributed by atoms with E-state index in [4.69, 9.17) is 11.6 Å². The van der Waals surface area contributed by atoms with Gasteiger partial charge in [-0.2, -0.15) is 0 Å². The van der Waals surface area contributed by atoms with Crippen LogP contribution in [0.15, 0.2) is 30.3 Å². The third-order valence-electron chi connectivity index (χ3n) is 3.77. The molecule has 0 bridgehead atoms. The van der Waals surface area contributed by atoms with E-state index >= 15 is 0 Å². The van der Waals surface area contributed by atoms with Crippen molar-refractivity contribution in [1.82, 2.24) is 0 Å². The summed E-state index contributed by atoms with van der Waals surface area (Å²) in [5.41, 5.74) is 3.95. The van der Waals surface area contributed by atoms with Crippen LogP contribution in [-0.4, -0.2) is 10.2 Å². The van der Waals surface area contributed by atoms with E-state index in [9.17, 15) is 10.2 Å². The zero-order valence-corrected chi connectivity index (χ0v) is 15.6. The standard InChI is InChI=1S/C10H13ClO.C10H14O/c1-6(2)8-5-4-7(3)9(11)10(8)12;1-7(2)9-5-4-8(3)6-10(9)11/h4-6,12H,1-3H3;4-7,11H,1-3H3. The lowest BCUT2D eigenvalue weighted by Crippen LogP contribution is -1.89. The second kappa shape index (κ2) is 8.26. The first kappa shape index (κ1) is 19.4. The largest absolute Gasteiger partial charge is 0.508 e. The maximum atomic E-state index is 9.62. The molecule has 0 spiro atoms.